The van der Waals surface area contributed by atoms with Crippen LogP contribution in [0.1, 0.15) is 18.2 Å². The third-order valence-electron chi connectivity index (χ3n) is 2.67. The van der Waals surface area contributed by atoms with E-state index in [9.17, 15) is 0 Å². The molecule has 0 saturated heterocycles. The van der Waals surface area contributed by atoms with E-state index in [1.807, 2.05) is 0 Å². The fourth-order valence-corrected chi connectivity index (χ4v) is 1.96. The summed E-state index contributed by atoms with van der Waals surface area (Å²) >= 11 is 0. The van der Waals surface area contributed by atoms with E-state index in [2.05, 4.69) is 42.7 Å². The molecule has 74 valence electrons. The van der Waals surface area contributed by atoms with Crippen molar-refractivity contribution in [2.45, 2.75) is 26.9 Å². The van der Waals surface area contributed by atoms with Crippen LogP contribution in [-0.2, 0) is 13.1 Å². The molecule has 2 heteroatoms. The van der Waals surface area contributed by atoms with Gasteiger partial charge >= 0.3 is 0 Å². The Balaban J connectivity index is 2.74. The molecule has 0 saturated carbocycles. The highest BCUT2D eigenvalue weighted by Gasteiger charge is 2.05. The number of rotatable bonds is 2. The lowest BCUT2D eigenvalue weighted by Gasteiger charge is -2.05. The Labute approximate surface area is 84.3 Å². The van der Waals surface area contributed by atoms with Crippen molar-refractivity contribution in [2.75, 3.05) is 0 Å². The van der Waals surface area contributed by atoms with Crippen molar-refractivity contribution >= 4 is 10.9 Å². The monoisotopic (exact) mass is 188 g/mol. The van der Waals surface area contributed by atoms with Crippen molar-refractivity contribution in [3.8, 4) is 0 Å². The van der Waals surface area contributed by atoms with E-state index in [0.717, 1.165) is 6.54 Å². The van der Waals surface area contributed by atoms with Crippen molar-refractivity contribution in [1.29, 1.82) is 0 Å². The van der Waals surface area contributed by atoms with Gasteiger partial charge in [0.15, 0.2) is 0 Å². The second-order valence-corrected chi connectivity index (χ2v) is 3.65. The average molecular weight is 188 g/mol. The molecule has 0 fully saturated rings. The summed E-state index contributed by atoms with van der Waals surface area (Å²) in [6.07, 6.45) is 0. The molecule has 0 spiro atoms. The van der Waals surface area contributed by atoms with Gasteiger partial charge in [0.1, 0.15) is 0 Å². The van der Waals surface area contributed by atoms with E-state index in [4.69, 9.17) is 5.73 Å². The highest BCUT2D eigenvalue weighted by atomic mass is 15.0. The van der Waals surface area contributed by atoms with Gasteiger partial charge < -0.3 is 10.3 Å². The van der Waals surface area contributed by atoms with Gasteiger partial charge in [0.25, 0.3) is 0 Å². The van der Waals surface area contributed by atoms with Gasteiger partial charge in [-0.15, -0.1) is 0 Å². The van der Waals surface area contributed by atoms with Crippen LogP contribution in [0, 0.1) is 6.92 Å². The molecule has 0 atom stereocenters. The van der Waals surface area contributed by atoms with Crippen molar-refractivity contribution in [3.05, 3.63) is 35.5 Å². The lowest BCUT2D eigenvalue weighted by atomic mass is 10.2. The van der Waals surface area contributed by atoms with Gasteiger partial charge in [-0.3, -0.25) is 0 Å². The molecule has 1 aromatic carbocycles. The van der Waals surface area contributed by atoms with E-state index in [1.165, 1.54) is 22.2 Å². The number of nitrogens with two attached hydrogens (primary N) is 1. The second-order valence-electron chi connectivity index (χ2n) is 3.65. The van der Waals surface area contributed by atoms with Crippen molar-refractivity contribution < 1.29 is 0 Å². The summed E-state index contributed by atoms with van der Waals surface area (Å²) in [5.74, 6) is 0. The van der Waals surface area contributed by atoms with E-state index >= 15 is 0 Å². The van der Waals surface area contributed by atoms with Crippen LogP contribution in [0.3, 0.4) is 0 Å². The predicted molar refractivity (Wildman–Crippen MR) is 60.2 cm³/mol. The van der Waals surface area contributed by atoms with Gasteiger partial charge in [-0.1, -0.05) is 12.1 Å². The third-order valence-corrected chi connectivity index (χ3v) is 2.67. The van der Waals surface area contributed by atoms with Gasteiger partial charge in [0.2, 0.25) is 0 Å². The van der Waals surface area contributed by atoms with Gasteiger partial charge in [0, 0.05) is 24.3 Å². The molecule has 14 heavy (non-hydrogen) atoms. The number of hydrogen-bond acceptors (Lipinski definition) is 1. The van der Waals surface area contributed by atoms with Crippen LogP contribution in [0.25, 0.3) is 10.9 Å². The predicted octanol–water partition coefficient (Wildman–Crippen LogP) is 2.43. The molecule has 1 heterocycles. The molecule has 0 aliphatic rings. The van der Waals surface area contributed by atoms with Crippen LogP contribution < -0.4 is 5.73 Å². The largest absolute Gasteiger partial charge is 0.344 e. The first kappa shape index (κ1) is 9.28. The Bertz CT molecular complexity index is 455. The zero-order valence-corrected chi connectivity index (χ0v) is 8.75. The fraction of sp³-hybridized carbons (Fsp3) is 0.333. The SMILES string of the molecule is CCn1c(CN)cc2ccc(C)cc21. The fourth-order valence-electron chi connectivity index (χ4n) is 1.96. The van der Waals surface area contributed by atoms with Gasteiger partial charge in [-0.05, 0) is 36.9 Å². The van der Waals surface area contributed by atoms with E-state index < -0.39 is 0 Å². The zero-order valence-electron chi connectivity index (χ0n) is 8.75. The minimum absolute atomic E-state index is 0.613. The molecule has 2 aromatic rings. The molecule has 2 rings (SSSR count). The summed E-state index contributed by atoms with van der Waals surface area (Å²) in [7, 11) is 0. The molecule has 0 bridgehead atoms. The highest BCUT2D eigenvalue weighted by molar-refractivity contribution is 5.82. The molecule has 0 aliphatic carbocycles. The summed E-state index contributed by atoms with van der Waals surface area (Å²) in [5.41, 5.74) is 9.52. The highest BCUT2D eigenvalue weighted by Crippen LogP contribution is 2.20. The molecule has 0 radical (unpaired) electrons. The second kappa shape index (κ2) is 3.46. The molecular formula is C12H16N2. The smallest absolute Gasteiger partial charge is 0.0485 e. The molecule has 2 nitrogen and oxygen atoms in total. The summed E-state index contributed by atoms with van der Waals surface area (Å²) in [5, 5.41) is 1.29. The summed E-state index contributed by atoms with van der Waals surface area (Å²) < 4.78 is 2.28. The van der Waals surface area contributed by atoms with Crippen LogP contribution >= 0.6 is 0 Å². The van der Waals surface area contributed by atoms with Gasteiger partial charge in [0.05, 0.1) is 0 Å². The zero-order chi connectivity index (χ0) is 10.1. The topological polar surface area (TPSA) is 30.9 Å². The molecule has 1 aromatic heterocycles. The normalized spacial score (nSPS) is 11.1. The first-order chi connectivity index (χ1) is 6.76. The van der Waals surface area contributed by atoms with Crippen molar-refractivity contribution in [3.63, 3.8) is 0 Å². The number of fused-ring (bicyclic) bond motifs is 1. The average Bonchev–Trinajstić information content (AvgIpc) is 2.54. The van der Waals surface area contributed by atoms with Gasteiger partial charge in [-0.2, -0.15) is 0 Å². The Kier molecular flexibility index (Phi) is 2.30. The summed E-state index contributed by atoms with van der Waals surface area (Å²) in [6.45, 7) is 5.87. The Morgan fingerprint density at radius 2 is 2.07 bits per heavy atom. The number of benzene rings is 1. The van der Waals surface area contributed by atoms with Crippen LogP contribution in [-0.4, -0.2) is 4.57 Å². The maximum absolute atomic E-state index is 5.71. The van der Waals surface area contributed by atoms with E-state index in [-0.39, 0.29) is 0 Å². The number of aromatic nitrogens is 1. The van der Waals surface area contributed by atoms with Crippen LogP contribution in [0.5, 0.6) is 0 Å². The first-order valence-electron chi connectivity index (χ1n) is 5.05. The number of hydrogen-bond donors (Lipinski definition) is 1. The molecule has 0 unspecified atom stereocenters. The van der Waals surface area contributed by atoms with Crippen LogP contribution in [0.4, 0.5) is 0 Å². The third kappa shape index (κ3) is 1.32. The Hall–Kier alpha value is -1.28. The molecule has 2 N–H and O–H groups in total. The van der Waals surface area contributed by atoms with Crippen molar-refractivity contribution in [2.24, 2.45) is 5.73 Å². The van der Waals surface area contributed by atoms with E-state index in [1.54, 1.807) is 0 Å². The van der Waals surface area contributed by atoms with Crippen LogP contribution in [0.2, 0.25) is 0 Å². The molecule has 0 amide bonds. The molecule has 0 aliphatic heterocycles. The molecular weight excluding hydrogens is 172 g/mol. The number of nitrogens with zero attached hydrogens (tertiary/aromatic N) is 1. The summed E-state index contributed by atoms with van der Waals surface area (Å²) in [4.78, 5) is 0. The van der Waals surface area contributed by atoms with Gasteiger partial charge in [-0.25, -0.2) is 0 Å². The van der Waals surface area contributed by atoms with Crippen molar-refractivity contribution in [1.82, 2.24) is 4.57 Å². The van der Waals surface area contributed by atoms with Crippen LogP contribution in [0.15, 0.2) is 24.3 Å². The van der Waals surface area contributed by atoms with E-state index in [0.29, 0.717) is 6.54 Å². The standard InChI is InChI=1S/C12H16N2/c1-3-14-11(8-13)7-10-5-4-9(2)6-12(10)14/h4-7H,3,8,13H2,1-2H3. The maximum atomic E-state index is 5.71. The Morgan fingerprint density at radius 3 is 2.71 bits per heavy atom. The lowest BCUT2D eigenvalue weighted by Crippen LogP contribution is -2.05. The first-order valence-corrected chi connectivity index (χ1v) is 5.05. The Morgan fingerprint density at radius 1 is 1.29 bits per heavy atom. The summed E-state index contributed by atoms with van der Waals surface area (Å²) in [6, 6.07) is 8.70. The lowest BCUT2D eigenvalue weighted by molar-refractivity contribution is 0.739. The minimum atomic E-state index is 0.613. The number of aryl methyl sites for hydroxylation is 2. The quantitative estimate of drug-likeness (QED) is 0.771. The maximum Gasteiger partial charge on any atom is 0.0485 e. The minimum Gasteiger partial charge on any atom is -0.344 e.